The summed E-state index contributed by atoms with van der Waals surface area (Å²) in [5, 5.41) is 0. The highest BCUT2D eigenvalue weighted by atomic mass is 79.9. The standard InChI is InChI=1S/C18H29Br/c1-5-6-7-8-9-10-17(19)15-11-13-16(14-12-15)18(2,3)4/h11-14,17H,5-10H2,1-4H3. The zero-order valence-corrected chi connectivity index (χ0v) is 14.6. The zero-order valence-electron chi connectivity index (χ0n) is 13.0. The smallest absolute Gasteiger partial charge is 0.0395 e. The van der Waals surface area contributed by atoms with E-state index in [1.54, 1.807) is 0 Å². The van der Waals surface area contributed by atoms with Gasteiger partial charge in [-0.15, -0.1) is 0 Å². The second-order valence-corrected chi connectivity index (χ2v) is 7.65. The first-order chi connectivity index (χ1) is 8.95. The van der Waals surface area contributed by atoms with Crippen molar-refractivity contribution in [3.05, 3.63) is 35.4 Å². The van der Waals surface area contributed by atoms with Gasteiger partial charge in [0.1, 0.15) is 0 Å². The summed E-state index contributed by atoms with van der Waals surface area (Å²) in [6.45, 7) is 9.06. The largest absolute Gasteiger partial charge is 0.0839 e. The highest BCUT2D eigenvalue weighted by molar-refractivity contribution is 9.09. The monoisotopic (exact) mass is 324 g/mol. The molecule has 0 spiro atoms. The van der Waals surface area contributed by atoms with Crippen molar-refractivity contribution in [1.82, 2.24) is 0 Å². The quantitative estimate of drug-likeness (QED) is 0.383. The van der Waals surface area contributed by atoms with Gasteiger partial charge < -0.3 is 0 Å². The van der Waals surface area contributed by atoms with Crippen LogP contribution in [0.2, 0.25) is 0 Å². The van der Waals surface area contributed by atoms with Crippen molar-refractivity contribution >= 4 is 15.9 Å². The minimum Gasteiger partial charge on any atom is -0.0839 e. The molecule has 0 saturated carbocycles. The molecule has 108 valence electrons. The molecule has 1 rings (SSSR count). The zero-order chi connectivity index (χ0) is 14.3. The second-order valence-electron chi connectivity index (χ2n) is 6.54. The van der Waals surface area contributed by atoms with Crippen molar-refractivity contribution in [3.8, 4) is 0 Å². The lowest BCUT2D eigenvalue weighted by atomic mass is 9.86. The highest BCUT2D eigenvalue weighted by Gasteiger charge is 2.14. The Morgan fingerprint density at radius 3 is 2.05 bits per heavy atom. The molecule has 0 nitrogen and oxygen atoms in total. The van der Waals surface area contributed by atoms with Gasteiger partial charge in [0.25, 0.3) is 0 Å². The summed E-state index contributed by atoms with van der Waals surface area (Å²) in [4.78, 5) is 0.517. The van der Waals surface area contributed by atoms with Gasteiger partial charge in [-0.25, -0.2) is 0 Å². The number of benzene rings is 1. The van der Waals surface area contributed by atoms with Gasteiger partial charge in [-0.05, 0) is 23.0 Å². The third-order valence-electron chi connectivity index (χ3n) is 3.70. The lowest BCUT2D eigenvalue weighted by molar-refractivity contribution is 0.588. The van der Waals surface area contributed by atoms with E-state index in [9.17, 15) is 0 Å². The second kappa shape index (κ2) is 8.09. The molecule has 0 saturated heterocycles. The molecular formula is C18H29Br. The van der Waals surface area contributed by atoms with Crippen molar-refractivity contribution in [2.24, 2.45) is 0 Å². The summed E-state index contributed by atoms with van der Waals surface area (Å²) in [6, 6.07) is 9.12. The molecule has 0 aliphatic rings. The molecular weight excluding hydrogens is 296 g/mol. The van der Waals surface area contributed by atoms with Crippen LogP contribution in [0.4, 0.5) is 0 Å². The van der Waals surface area contributed by atoms with E-state index in [0.717, 1.165) is 0 Å². The van der Waals surface area contributed by atoms with E-state index >= 15 is 0 Å². The van der Waals surface area contributed by atoms with Crippen LogP contribution in [0, 0.1) is 0 Å². The summed E-state index contributed by atoms with van der Waals surface area (Å²) < 4.78 is 0. The molecule has 0 radical (unpaired) electrons. The third kappa shape index (κ3) is 6.12. The molecule has 1 atom stereocenters. The van der Waals surface area contributed by atoms with Gasteiger partial charge in [-0.1, -0.05) is 100.0 Å². The molecule has 0 bridgehead atoms. The van der Waals surface area contributed by atoms with E-state index in [1.165, 1.54) is 49.7 Å². The number of unbranched alkanes of at least 4 members (excludes halogenated alkanes) is 4. The van der Waals surface area contributed by atoms with Crippen LogP contribution in [0.15, 0.2) is 24.3 Å². The first kappa shape index (κ1) is 16.8. The van der Waals surface area contributed by atoms with Gasteiger partial charge in [0.15, 0.2) is 0 Å². The molecule has 0 aliphatic heterocycles. The van der Waals surface area contributed by atoms with Gasteiger partial charge in [0.2, 0.25) is 0 Å². The van der Waals surface area contributed by atoms with Crippen LogP contribution in [0.1, 0.15) is 82.2 Å². The Morgan fingerprint density at radius 2 is 1.53 bits per heavy atom. The molecule has 19 heavy (non-hydrogen) atoms. The van der Waals surface area contributed by atoms with Crippen LogP contribution < -0.4 is 0 Å². The number of rotatable bonds is 7. The fraction of sp³-hybridized carbons (Fsp3) is 0.667. The number of hydrogen-bond donors (Lipinski definition) is 0. The molecule has 1 aromatic carbocycles. The Morgan fingerprint density at radius 1 is 0.947 bits per heavy atom. The van der Waals surface area contributed by atoms with E-state index in [1.807, 2.05) is 0 Å². The maximum Gasteiger partial charge on any atom is 0.0395 e. The summed E-state index contributed by atoms with van der Waals surface area (Å²) in [6.07, 6.45) is 8.05. The predicted molar refractivity (Wildman–Crippen MR) is 90.2 cm³/mol. The van der Waals surface area contributed by atoms with Crippen molar-refractivity contribution in [2.75, 3.05) is 0 Å². The van der Waals surface area contributed by atoms with Crippen molar-refractivity contribution < 1.29 is 0 Å². The Kier molecular flexibility index (Phi) is 7.13. The van der Waals surface area contributed by atoms with Crippen LogP contribution in [0.3, 0.4) is 0 Å². The van der Waals surface area contributed by atoms with Gasteiger partial charge in [-0.3, -0.25) is 0 Å². The number of alkyl halides is 1. The Hall–Kier alpha value is -0.300. The summed E-state index contributed by atoms with van der Waals surface area (Å²) in [5.74, 6) is 0. The van der Waals surface area contributed by atoms with Crippen LogP contribution in [0.5, 0.6) is 0 Å². The van der Waals surface area contributed by atoms with Crippen LogP contribution in [0.25, 0.3) is 0 Å². The third-order valence-corrected chi connectivity index (χ3v) is 4.69. The lowest BCUT2D eigenvalue weighted by Gasteiger charge is -2.20. The van der Waals surface area contributed by atoms with Crippen molar-refractivity contribution in [3.63, 3.8) is 0 Å². The minimum absolute atomic E-state index is 0.250. The number of halogens is 1. The number of hydrogen-bond acceptors (Lipinski definition) is 0. The van der Waals surface area contributed by atoms with Gasteiger partial charge in [0, 0.05) is 4.83 Å². The van der Waals surface area contributed by atoms with E-state index in [-0.39, 0.29) is 5.41 Å². The summed E-state index contributed by atoms with van der Waals surface area (Å²) in [7, 11) is 0. The molecule has 0 N–H and O–H groups in total. The molecule has 0 amide bonds. The van der Waals surface area contributed by atoms with Gasteiger partial charge in [-0.2, -0.15) is 0 Å². The molecule has 0 aliphatic carbocycles. The molecule has 1 unspecified atom stereocenters. The summed E-state index contributed by atoms with van der Waals surface area (Å²) in [5.41, 5.74) is 3.09. The van der Waals surface area contributed by atoms with Crippen LogP contribution in [-0.2, 0) is 5.41 Å². The summed E-state index contributed by atoms with van der Waals surface area (Å²) >= 11 is 3.83. The van der Waals surface area contributed by atoms with Crippen LogP contribution in [-0.4, -0.2) is 0 Å². The topological polar surface area (TPSA) is 0 Å². The highest BCUT2D eigenvalue weighted by Crippen LogP contribution is 2.30. The predicted octanol–water partition coefficient (Wildman–Crippen LogP) is 6.78. The normalized spacial score (nSPS) is 13.5. The van der Waals surface area contributed by atoms with E-state index in [2.05, 4.69) is 67.9 Å². The van der Waals surface area contributed by atoms with Gasteiger partial charge >= 0.3 is 0 Å². The van der Waals surface area contributed by atoms with E-state index in [0.29, 0.717) is 4.83 Å². The lowest BCUT2D eigenvalue weighted by Crippen LogP contribution is -2.10. The van der Waals surface area contributed by atoms with Crippen molar-refractivity contribution in [1.29, 1.82) is 0 Å². The molecule has 1 aromatic rings. The average molecular weight is 325 g/mol. The van der Waals surface area contributed by atoms with E-state index < -0.39 is 0 Å². The van der Waals surface area contributed by atoms with Gasteiger partial charge in [0.05, 0.1) is 0 Å². The minimum atomic E-state index is 0.250. The van der Waals surface area contributed by atoms with E-state index in [4.69, 9.17) is 0 Å². The SMILES string of the molecule is CCCCCCCC(Br)c1ccc(C(C)(C)C)cc1. The fourth-order valence-corrected chi connectivity index (χ4v) is 2.91. The Balaban J connectivity index is 2.42. The molecule has 1 heteroatoms. The maximum atomic E-state index is 3.83. The van der Waals surface area contributed by atoms with Crippen molar-refractivity contribution in [2.45, 2.75) is 76.5 Å². The molecule has 0 heterocycles. The first-order valence-corrected chi connectivity index (χ1v) is 8.61. The fourth-order valence-electron chi connectivity index (χ4n) is 2.29. The van der Waals surface area contributed by atoms with Crippen LogP contribution >= 0.6 is 15.9 Å². The molecule has 0 fully saturated rings. The Bertz CT molecular complexity index is 345. The molecule has 0 aromatic heterocycles. The Labute approximate surface area is 128 Å². The average Bonchev–Trinajstić information content (AvgIpc) is 2.37. The maximum absolute atomic E-state index is 3.83. The first-order valence-electron chi connectivity index (χ1n) is 7.69.